The summed E-state index contributed by atoms with van der Waals surface area (Å²) in [5.41, 5.74) is 2.34. The van der Waals surface area contributed by atoms with Crippen LogP contribution >= 0.6 is 24.0 Å². The van der Waals surface area contributed by atoms with Crippen molar-refractivity contribution >= 4 is 35.9 Å². The van der Waals surface area contributed by atoms with Crippen molar-refractivity contribution in [2.45, 2.75) is 32.9 Å². The number of carbonyl (C=O) groups excluding carboxylic acids is 1. The van der Waals surface area contributed by atoms with E-state index in [2.05, 4.69) is 39.5 Å². The lowest BCUT2D eigenvalue weighted by atomic mass is 9.98. The highest BCUT2D eigenvalue weighted by molar-refractivity contribution is 14.0. The molecule has 1 aliphatic heterocycles. The van der Waals surface area contributed by atoms with Gasteiger partial charge < -0.3 is 19.7 Å². The van der Waals surface area contributed by atoms with E-state index in [4.69, 9.17) is 9.47 Å². The Bertz CT molecular complexity index is 578. The van der Waals surface area contributed by atoms with E-state index in [1.807, 2.05) is 6.92 Å². The van der Waals surface area contributed by atoms with Crippen LogP contribution in [0.3, 0.4) is 0 Å². The SMILES string of the molecule is CCOC(=O)C1CCCN(C(=NC)NCc2ccc(COC)cc2)C1.I. The van der Waals surface area contributed by atoms with Crippen LogP contribution in [0.5, 0.6) is 0 Å². The average molecular weight is 475 g/mol. The van der Waals surface area contributed by atoms with Crippen molar-refractivity contribution in [3.8, 4) is 0 Å². The molecule has 26 heavy (non-hydrogen) atoms. The van der Waals surface area contributed by atoms with Crippen molar-refractivity contribution in [2.24, 2.45) is 10.9 Å². The second kappa shape index (κ2) is 12.1. The smallest absolute Gasteiger partial charge is 0.310 e. The van der Waals surface area contributed by atoms with Gasteiger partial charge in [-0.2, -0.15) is 0 Å². The summed E-state index contributed by atoms with van der Waals surface area (Å²) in [7, 11) is 3.47. The maximum Gasteiger partial charge on any atom is 0.310 e. The highest BCUT2D eigenvalue weighted by Gasteiger charge is 2.28. The number of aliphatic imine (C=N–C) groups is 1. The quantitative estimate of drug-likeness (QED) is 0.297. The Morgan fingerprint density at radius 3 is 2.62 bits per heavy atom. The average Bonchev–Trinajstić information content (AvgIpc) is 2.64. The Hall–Kier alpha value is -1.35. The van der Waals surface area contributed by atoms with E-state index in [9.17, 15) is 4.79 Å². The monoisotopic (exact) mass is 475 g/mol. The van der Waals surface area contributed by atoms with Crippen LogP contribution in [0.25, 0.3) is 0 Å². The molecule has 0 bridgehead atoms. The van der Waals surface area contributed by atoms with Gasteiger partial charge in [-0.3, -0.25) is 9.79 Å². The van der Waals surface area contributed by atoms with Gasteiger partial charge in [-0.25, -0.2) is 0 Å². The van der Waals surface area contributed by atoms with E-state index in [1.165, 1.54) is 5.56 Å². The summed E-state index contributed by atoms with van der Waals surface area (Å²) < 4.78 is 10.3. The Balaban J connectivity index is 0.00000338. The topological polar surface area (TPSA) is 63.2 Å². The van der Waals surface area contributed by atoms with Gasteiger partial charge in [0.2, 0.25) is 0 Å². The van der Waals surface area contributed by atoms with Crippen LogP contribution < -0.4 is 5.32 Å². The lowest BCUT2D eigenvalue weighted by Crippen LogP contribution is -2.48. The fraction of sp³-hybridized carbons (Fsp3) is 0.579. The molecule has 0 radical (unpaired) electrons. The number of guanidine groups is 1. The number of esters is 1. The number of benzene rings is 1. The molecule has 146 valence electrons. The number of carbonyl (C=O) groups is 1. The number of piperidine rings is 1. The number of hydrogen-bond donors (Lipinski definition) is 1. The van der Waals surface area contributed by atoms with Gasteiger partial charge >= 0.3 is 5.97 Å². The van der Waals surface area contributed by atoms with Gasteiger partial charge in [0.05, 0.1) is 19.1 Å². The summed E-state index contributed by atoms with van der Waals surface area (Å²) >= 11 is 0. The van der Waals surface area contributed by atoms with Crippen molar-refractivity contribution in [3.63, 3.8) is 0 Å². The molecule has 7 heteroatoms. The van der Waals surface area contributed by atoms with Gasteiger partial charge in [-0.05, 0) is 30.9 Å². The van der Waals surface area contributed by atoms with E-state index < -0.39 is 0 Å². The van der Waals surface area contributed by atoms with E-state index in [0.717, 1.165) is 30.9 Å². The zero-order valence-corrected chi connectivity index (χ0v) is 18.2. The maximum absolute atomic E-state index is 12.0. The predicted molar refractivity (Wildman–Crippen MR) is 114 cm³/mol. The largest absolute Gasteiger partial charge is 0.466 e. The third kappa shape index (κ3) is 6.75. The van der Waals surface area contributed by atoms with Crippen LogP contribution in [0.2, 0.25) is 0 Å². The van der Waals surface area contributed by atoms with Crippen molar-refractivity contribution in [1.82, 2.24) is 10.2 Å². The standard InChI is InChI=1S/C19H29N3O3.HI/c1-4-25-18(23)17-6-5-11-22(13-17)19(20-2)21-12-15-7-9-16(10-8-15)14-24-3;/h7-10,17H,4-6,11-14H2,1-3H3,(H,20,21);1H. The highest BCUT2D eigenvalue weighted by atomic mass is 127. The molecule has 0 saturated carbocycles. The van der Waals surface area contributed by atoms with Crippen LogP contribution in [0.4, 0.5) is 0 Å². The first-order chi connectivity index (χ1) is 12.2. The molecule has 6 nitrogen and oxygen atoms in total. The second-order valence-corrected chi connectivity index (χ2v) is 6.19. The van der Waals surface area contributed by atoms with E-state index >= 15 is 0 Å². The molecule has 1 aromatic carbocycles. The molecule has 1 atom stereocenters. The Morgan fingerprint density at radius 2 is 2.00 bits per heavy atom. The fourth-order valence-corrected chi connectivity index (χ4v) is 3.06. The normalized spacial score (nSPS) is 17.4. The van der Waals surface area contributed by atoms with Crippen LogP contribution in [-0.4, -0.2) is 50.7 Å². The minimum absolute atomic E-state index is 0. The number of nitrogens with one attached hydrogen (secondary N) is 1. The molecule has 2 rings (SSSR count). The first-order valence-electron chi connectivity index (χ1n) is 8.87. The van der Waals surface area contributed by atoms with Crippen molar-refractivity contribution in [1.29, 1.82) is 0 Å². The van der Waals surface area contributed by atoms with Gasteiger partial charge in [0.15, 0.2) is 5.96 Å². The molecule has 0 spiro atoms. The molecule has 1 aliphatic rings. The molecule has 1 saturated heterocycles. The number of hydrogen-bond acceptors (Lipinski definition) is 4. The van der Waals surface area contributed by atoms with Crippen molar-refractivity contribution in [3.05, 3.63) is 35.4 Å². The number of rotatable bonds is 6. The van der Waals surface area contributed by atoms with Gasteiger partial charge in [0.1, 0.15) is 0 Å². The van der Waals surface area contributed by atoms with E-state index in [-0.39, 0.29) is 35.9 Å². The minimum atomic E-state index is -0.101. The van der Waals surface area contributed by atoms with Crippen LogP contribution in [0.1, 0.15) is 30.9 Å². The number of halogens is 1. The minimum Gasteiger partial charge on any atom is -0.466 e. The molecule has 1 unspecified atom stereocenters. The number of ether oxygens (including phenoxy) is 2. The fourth-order valence-electron chi connectivity index (χ4n) is 3.06. The summed E-state index contributed by atoms with van der Waals surface area (Å²) in [6.07, 6.45) is 1.85. The van der Waals surface area contributed by atoms with E-state index in [0.29, 0.717) is 26.3 Å². The van der Waals surface area contributed by atoms with Gasteiger partial charge in [-0.1, -0.05) is 24.3 Å². The number of methoxy groups -OCH3 is 1. The van der Waals surface area contributed by atoms with Gasteiger partial charge in [0, 0.05) is 33.8 Å². The zero-order valence-electron chi connectivity index (χ0n) is 15.9. The van der Waals surface area contributed by atoms with Crippen molar-refractivity contribution in [2.75, 3.05) is 33.9 Å². The third-order valence-corrected chi connectivity index (χ3v) is 4.34. The summed E-state index contributed by atoms with van der Waals surface area (Å²) in [5.74, 6) is 0.659. The molecule has 1 fully saturated rings. The molecule has 1 aromatic rings. The van der Waals surface area contributed by atoms with Crippen LogP contribution in [-0.2, 0) is 27.4 Å². The molecule has 0 aromatic heterocycles. The summed E-state index contributed by atoms with van der Waals surface area (Å²) in [5, 5.41) is 3.39. The molecule has 1 N–H and O–H groups in total. The first kappa shape index (κ1) is 22.7. The van der Waals surface area contributed by atoms with Gasteiger partial charge in [-0.15, -0.1) is 24.0 Å². The Morgan fingerprint density at radius 1 is 1.31 bits per heavy atom. The number of likely N-dealkylation sites (tertiary alicyclic amines) is 1. The first-order valence-corrected chi connectivity index (χ1v) is 8.87. The third-order valence-electron chi connectivity index (χ3n) is 4.34. The molecular weight excluding hydrogens is 445 g/mol. The van der Waals surface area contributed by atoms with Crippen LogP contribution in [0.15, 0.2) is 29.3 Å². The highest BCUT2D eigenvalue weighted by Crippen LogP contribution is 2.18. The lowest BCUT2D eigenvalue weighted by Gasteiger charge is -2.34. The summed E-state index contributed by atoms with van der Waals surface area (Å²) in [6.45, 7) is 5.16. The van der Waals surface area contributed by atoms with E-state index in [1.54, 1.807) is 14.2 Å². The molecule has 0 aliphatic carbocycles. The second-order valence-electron chi connectivity index (χ2n) is 6.19. The zero-order chi connectivity index (χ0) is 18.1. The van der Waals surface area contributed by atoms with Crippen molar-refractivity contribution < 1.29 is 14.3 Å². The van der Waals surface area contributed by atoms with Gasteiger partial charge in [0.25, 0.3) is 0 Å². The molecular formula is C19H30IN3O3. The predicted octanol–water partition coefficient (Wildman–Crippen LogP) is 2.80. The summed E-state index contributed by atoms with van der Waals surface area (Å²) in [4.78, 5) is 18.5. The summed E-state index contributed by atoms with van der Waals surface area (Å²) in [6, 6.07) is 8.32. The maximum atomic E-state index is 12.0. The molecule has 0 amide bonds. The lowest BCUT2D eigenvalue weighted by molar-refractivity contribution is -0.149. The number of nitrogens with zero attached hydrogens (tertiary/aromatic N) is 2. The van der Waals surface area contributed by atoms with Crippen LogP contribution in [0, 0.1) is 5.92 Å². The Kier molecular flexibility index (Phi) is 10.6. The Labute approximate surface area is 173 Å². The molecule has 1 heterocycles.